The first-order valence-electron chi connectivity index (χ1n) is 8.41. The Bertz CT molecular complexity index is 750. The molecule has 1 rings (SSSR count). The number of nitrogens with one attached hydrogen (secondary N) is 1. The van der Waals surface area contributed by atoms with Gasteiger partial charge in [-0.3, -0.25) is 14.4 Å². The number of rotatable bonds is 12. The predicted molar refractivity (Wildman–Crippen MR) is 97.4 cm³/mol. The third-order valence-electron chi connectivity index (χ3n) is 3.60. The zero-order chi connectivity index (χ0) is 20.4. The summed E-state index contributed by atoms with van der Waals surface area (Å²) in [4.78, 5) is 35.5. The van der Waals surface area contributed by atoms with E-state index < -0.39 is 46.9 Å². The van der Waals surface area contributed by atoms with Gasteiger partial charge in [-0.1, -0.05) is 37.3 Å². The summed E-state index contributed by atoms with van der Waals surface area (Å²) in [7, 11) is -3.94. The van der Waals surface area contributed by atoms with Crippen molar-refractivity contribution in [1.29, 1.82) is 0 Å². The molecule has 0 aliphatic heterocycles. The van der Waals surface area contributed by atoms with Crippen LogP contribution in [-0.2, 0) is 30.2 Å². The molecular weight excluding hydrogens is 376 g/mol. The summed E-state index contributed by atoms with van der Waals surface area (Å²) >= 11 is 0. The zero-order valence-electron chi connectivity index (χ0n) is 15.0. The van der Waals surface area contributed by atoms with E-state index >= 15 is 0 Å². The number of carbonyl (C=O) groups excluding carboxylic acids is 1. The second-order valence-electron chi connectivity index (χ2n) is 6.00. The topological polar surface area (TPSA) is 141 Å². The van der Waals surface area contributed by atoms with Crippen molar-refractivity contribution in [2.45, 2.75) is 38.0 Å². The van der Waals surface area contributed by atoms with Gasteiger partial charge in [0.05, 0.1) is 5.75 Å². The summed E-state index contributed by atoms with van der Waals surface area (Å²) in [6.45, 7) is 1.28. The Morgan fingerprint density at radius 2 is 1.74 bits per heavy atom. The molecule has 1 aromatic carbocycles. The van der Waals surface area contributed by atoms with Crippen LogP contribution in [-0.4, -0.2) is 60.5 Å². The third-order valence-corrected chi connectivity index (χ3v) is 4.95. The predicted octanol–water partition coefficient (Wildman–Crippen LogP) is 0.663. The number of hydrogen-bond donors (Lipinski definition) is 3. The van der Waals surface area contributed by atoms with Gasteiger partial charge in [-0.15, -0.1) is 0 Å². The first-order chi connectivity index (χ1) is 12.6. The van der Waals surface area contributed by atoms with E-state index in [4.69, 9.17) is 10.2 Å². The standard InChI is InChI=1S/C17H24N2O7S/c1-2-10-19(11-16(22)23)17(24)14(8-9-15(20)21)18-27(25,26)12-13-6-4-3-5-7-13/h3-7,14,18H,2,8-12H2,1H3,(H,20,21)(H,22,23). The van der Waals surface area contributed by atoms with Gasteiger partial charge < -0.3 is 15.1 Å². The molecule has 0 heterocycles. The molecule has 27 heavy (non-hydrogen) atoms. The first-order valence-corrected chi connectivity index (χ1v) is 10.1. The van der Waals surface area contributed by atoms with Crippen molar-refractivity contribution in [2.24, 2.45) is 0 Å². The summed E-state index contributed by atoms with van der Waals surface area (Å²) in [5, 5.41) is 17.8. The van der Waals surface area contributed by atoms with E-state index in [9.17, 15) is 22.8 Å². The van der Waals surface area contributed by atoms with Crippen molar-refractivity contribution in [1.82, 2.24) is 9.62 Å². The Morgan fingerprint density at radius 3 is 2.26 bits per heavy atom. The summed E-state index contributed by atoms with van der Waals surface area (Å²) in [5.41, 5.74) is 0.505. The molecule has 0 aromatic heterocycles. The molecule has 3 N–H and O–H groups in total. The van der Waals surface area contributed by atoms with Crippen LogP contribution in [0, 0.1) is 0 Å². The SMILES string of the molecule is CCCN(CC(=O)O)C(=O)C(CCC(=O)O)NS(=O)(=O)Cc1ccccc1. The van der Waals surface area contributed by atoms with Gasteiger partial charge in [0.25, 0.3) is 0 Å². The Kier molecular flexibility index (Phi) is 8.89. The number of aliphatic carboxylic acids is 2. The number of amides is 1. The van der Waals surface area contributed by atoms with Gasteiger partial charge in [0.15, 0.2) is 0 Å². The monoisotopic (exact) mass is 400 g/mol. The van der Waals surface area contributed by atoms with Gasteiger partial charge in [0.1, 0.15) is 12.6 Å². The number of carboxylic acid groups (broad SMARTS) is 2. The Morgan fingerprint density at radius 1 is 1.11 bits per heavy atom. The second kappa shape index (κ2) is 10.6. The molecule has 0 fully saturated rings. The molecule has 9 nitrogen and oxygen atoms in total. The van der Waals surface area contributed by atoms with Crippen molar-refractivity contribution < 1.29 is 33.0 Å². The summed E-state index contributed by atoms with van der Waals surface area (Å²) in [6, 6.07) is 6.96. The Balaban J connectivity index is 2.98. The van der Waals surface area contributed by atoms with Crippen LogP contribution in [0.2, 0.25) is 0 Å². The van der Waals surface area contributed by atoms with Crippen molar-refractivity contribution in [2.75, 3.05) is 13.1 Å². The normalized spacial score (nSPS) is 12.3. The lowest BCUT2D eigenvalue weighted by Gasteiger charge is -2.26. The number of hydrogen-bond acceptors (Lipinski definition) is 5. The van der Waals surface area contributed by atoms with Gasteiger partial charge in [-0.2, -0.15) is 0 Å². The molecule has 0 spiro atoms. The number of nitrogens with zero attached hydrogens (tertiary/aromatic N) is 1. The third kappa shape index (κ3) is 8.65. The van der Waals surface area contributed by atoms with Gasteiger partial charge in [-0.25, -0.2) is 13.1 Å². The highest BCUT2D eigenvalue weighted by Crippen LogP contribution is 2.10. The highest BCUT2D eigenvalue weighted by Gasteiger charge is 2.29. The van der Waals surface area contributed by atoms with Crippen LogP contribution in [0.4, 0.5) is 0 Å². The molecule has 1 aromatic rings. The van der Waals surface area contributed by atoms with Crippen molar-refractivity contribution in [3.05, 3.63) is 35.9 Å². The molecular formula is C17H24N2O7S. The number of carbonyl (C=O) groups is 3. The van der Waals surface area contributed by atoms with Crippen LogP contribution in [0.3, 0.4) is 0 Å². The maximum absolute atomic E-state index is 12.7. The summed E-state index contributed by atoms with van der Waals surface area (Å²) in [6.07, 6.45) is -0.235. The second-order valence-corrected chi connectivity index (χ2v) is 7.75. The van der Waals surface area contributed by atoms with Crippen molar-refractivity contribution in [3.63, 3.8) is 0 Å². The minimum atomic E-state index is -3.94. The number of sulfonamides is 1. The van der Waals surface area contributed by atoms with E-state index in [1.165, 1.54) is 0 Å². The van der Waals surface area contributed by atoms with Crippen LogP contribution in [0.25, 0.3) is 0 Å². The number of benzene rings is 1. The molecule has 10 heteroatoms. The maximum Gasteiger partial charge on any atom is 0.323 e. The molecule has 0 radical (unpaired) electrons. The maximum atomic E-state index is 12.7. The van der Waals surface area contributed by atoms with Crippen molar-refractivity contribution in [3.8, 4) is 0 Å². The Hall–Kier alpha value is -2.46. The van der Waals surface area contributed by atoms with Crippen molar-refractivity contribution >= 4 is 27.9 Å². The van der Waals surface area contributed by atoms with Gasteiger partial charge in [0, 0.05) is 13.0 Å². The average Bonchev–Trinajstić information content (AvgIpc) is 2.57. The van der Waals surface area contributed by atoms with Gasteiger partial charge >= 0.3 is 11.9 Å². The molecule has 0 aliphatic rings. The molecule has 1 unspecified atom stereocenters. The lowest BCUT2D eigenvalue weighted by Crippen LogP contribution is -2.50. The summed E-state index contributed by atoms with van der Waals surface area (Å²) < 4.78 is 27.1. The average molecular weight is 400 g/mol. The van der Waals surface area contributed by atoms with E-state index in [-0.39, 0.29) is 18.7 Å². The highest BCUT2D eigenvalue weighted by molar-refractivity contribution is 7.88. The fourth-order valence-corrected chi connectivity index (χ4v) is 3.84. The fraction of sp³-hybridized carbons (Fsp3) is 0.471. The van der Waals surface area contributed by atoms with E-state index in [2.05, 4.69) is 4.72 Å². The minimum absolute atomic E-state index is 0.120. The van der Waals surface area contributed by atoms with Crippen LogP contribution < -0.4 is 4.72 Å². The minimum Gasteiger partial charge on any atom is -0.481 e. The Labute approximate surface area is 158 Å². The molecule has 150 valence electrons. The zero-order valence-corrected chi connectivity index (χ0v) is 15.8. The van der Waals surface area contributed by atoms with Crippen LogP contribution in [0.1, 0.15) is 31.7 Å². The smallest absolute Gasteiger partial charge is 0.323 e. The lowest BCUT2D eigenvalue weighted by atomic mass is 10.1. The number of carboxylic acids is 2. The molecule has 1 amide bonds. The molecule has 1 atom stereocenters. The van der Waals surface area contributed by atoms with E-state index in [1.807, 2.05) is 0 Å². The van der Waals surface area contributed by atoms with Gasteiger partial charge in [0.2, 0.25) is 15.9 Å². The molecule has 0 saturated carbocycles. The van der Waals surface area contributed by atoms with Crippen LogP contribution in [0.15, 0.2) is 30.3 Å². The molecule has 0 bridgehead atoms. The fourth-order valence-electron chi connectivity index (χ4n) is 2.47. The molecule has 0 aliphatic carbocycles. The van der Waals surface area contributed by atoms with Gasteiger partial charge in [-0.05, 0) is 18.4 Å². The molecule has 0 saturated heterocycles. The first kappa shape index (κ1) is 22.6. The van der Waals surface area contributed by atoms with E-state index in [0.717, 1.165) is 4.90 Å². The summed E-state index contributed by atoms with van der Waals surface area (Å²) in [5.74, 6) is -3.55. The van der Waals surface area contributed by atoms with Crippen LogP contribution in [0.5, 0.6) is 0 Å². The van der Waals surface area contributed by atoms with Crippen LogP contribution >= 0.6 is 0 Å². The van der Waals surface area contributed by atoms with E-state index in [1.54, 1.807) is 37.3 Å². The highest BCUT2D eigenvalue weighted by atomic mass is 32.2. The largest absolute Gasteiger partial charge is 0.481 e. The van der Waals surface area contributed by atoms with E-state index in [0.29, 0.717) is 12.0 Å². The quantitative estimate of drug-likeness (QED) is 0.468. The lowest BCUT2D eigenvalue weighted by molar-refractivity contribution is -0.145.